The molecule has 2 aromatic carbocycles. The van der Waals surface area contributed by atoms with E-state index in [-0.39, 0.29) is 23.4 Å². The molecule has 0 saturated heterocycles. The maximum atomic E-state index is 15.6. The van der Waals surface area contributed by atoms with Gasteiger partial charge in [0.05, 0.1) is 23.2 Å². The van der Waals surface area contributed by atoms with Crippen molar-refractivity contribution in [2.24, 2.45) is 13.0 Å². The molecule has 3 heterocycles. The number of halogens is 7. The summed E-state index contributed by atoms with van der Waals surface area (Å²) in [5, 5.41) is 21.8. The highest BCUT2D eigenvalue weighted by atomic mass is 32.2. The molecule has 2 aliphatic carbocycles. The average Bonchev–Trinajstić information content (AvgIpc) is 3.70. The van der Waals surface area contributed by atoms with Gasteiger partial charge >= 0.3 is 12.1 Å². The van der Waals surface area contributed by atoms with Gasteiger partial charge in [-0.3, -0.25) is 18.9 Å². The molecule has 0 saturated carbocycles. The van der Waals surface area contributed by atoms with Gasteiger partial charge < -0.3 is 10.4 Å². The first kappa shape index (κ1) is 40.6. The van der Waals surface area contributed by atoms with Gasteiger partial charge in [-0.05, 0) is 69.1 Å². The largest absolute Gasteiger partial charge is 0.435 e. The van der Waals surface area contributed by atoms with Gasteiger partial charge in [0.2, 0.25) is 5.91 Å². The van der Waals surface area contributed by atoms with Crippen molar-refractivity contribution in [2.75, 3.05) is 18.3 Å². The fourth-order valence-corrected chi connectivity index (χ4v) is 7.53. The molecule has 0 aliphatic heterocycles. The molecule has 0 spiro atoms. The Labute approximate surface area is 332 Å². The molecule has 0 bridgehead atoms. The molecule has 302 valence electrons. The van der Waals surface area contributed by atoms with Gasteiger partial charge in [0.25, 0.3) is 0 Å². The van der Waals surface area contributed by atoms with Crippen molar-refractivity contribution in [3.63, 3.8) is 0 Å². The molecule has 1 amide bonds. The zero-order valence-corrected chi connectivity index (χ0v) is 32.4. The summed E-state index contributed by atoms with van der Waals surface area (Å²) in [4.78, 5) is 18.7. The Hall–Kier alpha value is -5.56. The normalized spacial score (nSPS) is 17.1. The number of carbonyl (C=O) groups excluding carboxylic acids is 1. The number of benzene rings is 2. The van der Waals surface area contributed by atoms with E-state index < -0.39 is 76.6 Å². The number of para-hydroxylation sites is 1. The number of hydrogen-bond acceptors (Lipinski definition) is 8. The molecule has 0 unspecified atom stereocenters. The van der Waals surface area contributed by atoms with E-state index in [1.165, 1.54) is 26.0 Å². The molecule has 18 heteroatoms. The van der Waals surface area contributed by atoms with Crippen LogP contribution in [0.25, 0.3) is 22.0 Å². The molecular formula is C40H35F7N8O2S. The molecule has 3 aromatic heterocycles. The van der Waals surface area contributed by atoms with Gasteiger partial charge in [-0.2, -0.15) is 32.1 Å². The maximum Gasteiger partial charge on any atom is 0.435 e. The lowest BCUT2D eigenvalue weighted by atomic mass is 9.84. The fourth-order valence-electron chi connectivity index (χ4n) is 7.01. The van der Waals surface area contributed by atoms with E-state index in [1.807, 2.05) is 24.3 Å². The lowest BCUT2D eigenvalue weighted by molar-refractivity contribution is -0.142. The highest BCUT2D eigenvalue weighted by Gasteiger charge is 2.62. The van der Waals surface area contributed by atoms with Crippen molar-refractivity contribution in [2.45, 2.75) is 63.4 Å². The summed E-state index contributed by atoms with van der Waals surface area (Å²) < 4.78 is 110. The summed E-state index contributed by atoms with van der Waals surface area (Å²) in [6.45, 7) is 4.55. The number of hydrogen-bond donors (Lipinski definition) is 3. The Morgan fingerprint density at radius 2 is 1.81 bits per heavy atom. The van der Waals surface area contributed by atoms with Crippen LogP contribution < -0.4 is 10.0 Å². The molecule has 2 aliphatic rings. The second kappa shape index (κ2) is 15.0. The van der Waals surface area contributed by atoms with Gasteiger partial charge in [-0.15, -0.1) is 0 Å². The molecule has 5 aromatic rings. The van der Waals surface area contributed by atoms with Crippen LogP contribution in [0.3, 0.4) is 0 Å². The summed E-state index contributed by atoms with van der Waals surface area (Å²) in [5.74, 6) is 0.797. The fraction of sp³-hybridized carbons (Fsp3) is 0.350. The van der Waals surface area contributed by atoms with Crippen molar-refractivity contribution in [1.82, 2.24) is 34.2 Å². The molecule has 10 nitrogen and oxygen atoms in total. The Morgan fingerprint density at radius 3 is 2.45 bits per heavy atom. The molecule has 0 radical (unpaired) electrons. The minimum Gasteiger partial charge on any atom is -0.378 e. The van der Waals surface area contributed by atoms with E-state index in [1.54, 1.807) is 36.0 Å². The van der Waals surface area contributed by atoms with Crippen molar-refractivity contribution in [3.05, 3.63) is 94.1 Å². The molecule has 0 fully saturated rings. The third kappa shape index (κ3) is 7.84. The first-order valence-electron chi connectivity index (χ1n) is 17.9. The van der Waals surface area contributed by atoms with Crippen LogP contribution in [0.4, 0.5) is 36.6 Å². The lowest BCUT2D eigenvalue weighted by Gasteiger charge is -2.24. The Morgan fingerprint density at radius 1 is 1.09 bits per heavy atom. The van der Waals surface area contributed by atoms with Gasteiger partial charge in [-0.1, -0.05) is 36.8 Å². The number of nitrogens with zero attached hydrogens (tertiary/aromatic N) is 6. The number of fused-ring (bicyclic) bond motifs is 4. The van der Waals surface area contributed by atoms with Gasteiger partial charge in [0.15, 0.2) is 11.5 Å². The molecule has 3 atom stereocenters. The molecule has 7 rings (SSSR count). The minimum absolute atomic E-state index is 0.0606. The third-order valence-electron chi connectivity index (χ3n) is 9.64. The highest BCUT2D eigenvalue weighted by molar-refractivity contribution is 7.98. The van der Waals surface area contributed by atoms with Crippen molar-refractivity contribution < 1.29 is 40.6 Å². The summed E-state index contributed by atoms with van der Waals surface area (Å²) in [7, 11) is 3.62. The van der Waals surface area contributed by atoms with Crippen molar-refractivity contribution in [1.29, 1.82) is 0 Å². The van der Waals surface area contributed by atoms with Crippen molar-refractivity contribution in [3.8, 4) is 34.8 Å². The summed E-state index contributed by atoms with van der Waals surface area (Å²) in [5.41, 5.74) is -2.96. The van der Waals surface area contributed by atoms with Gasteiger partial charge in [0, 0.05) is 53.9 Å². The number of nitrogens with one attached hydrogen (secondary N) is 2. The Kier molecular flexibility index (Phi) is 10.5. The third-order valence-corrected chi connectivity index (χ3v) is 10.5. The number of pyridine rings is 1. The number of rotatable bonds is 11. The summed E-state index contributed by atoms with van der Waals surface area (Å²) in [6.07, 6.45) is -5.44. The topological polar surface area (TPSA) is 113 Å². The van der Waals surface area contributed by atoms with Crippen LogP contribution in [0.2, 0.25) is 0 Å². The van der Waals surface area contributed by atoms with Gasteiger partial charge in [-0.25, -0.2) is 18.1 Å². The molecule has 58 heavy (non-hydrogen) atoms. The van der Waals surface area contributed by atoms with Crippen LogP contribution in [0.5, 0.6) is 0 Å². The van der Waals surface area contributed by atoms with E-state index in [4.69, 9.17) is 4.98 Å². The number of alkyl halides is 5. The second-order valence-corrected chi connectivity index (χ2v) is 15.5. The Bertz CT molecular complexity index is 2550. The summed E-state index contributed by atoms with van der Waals surface area (Å²) in [6, 6.07) is 10.1. The Balaban J connectivity index is 1.36. The quantitative estimate of drug-likeness (QED) is 0.0736. The van der Waals surface area contributed by atoms with E-state index in [0.717, 1.165) is 18.7 Å². The van der Waals surface area contributed by atoms with Gasteiger partial charge in [0.1, 0.15) is 41.1 Å². The highest BCUT2D eigenvalue weighted by Crippen LogP contribution is 2.58. The number of aryl methyl sites for hydroxylation is 1. The van der Waals surface area contributed by atoms with Crippen LogP contribution >= 0.6 is 12.1 Å². The zero-order chi connectivity index (χ0) is 41.9. The SMILES string of the molecule is CCN(C)SNc1nn(C)c2c(-c3ccc(C#CC(C)(C)O)nc3[C@H](Cc3cc(F)cc(F)c3)NC(=O)Cn3nc(C(F)(F)F)c4c3C(F)(F)[C@@H]3C#C[C@H]43)cccc12. The number of aromatic nitrogens is 5. The maximum absolute atomic E-state index is 15.6. The van der Waals surface area contributed by atoms with Crippen LogP contribution in [0.1, 0.15) is 66.6 Å². The van der Waals surface area contributed by atoms with Crippen LogP contribution in [0.15, 0.2) is 48.5 Å². The number of amides is 1. The average molecular weight is 825 g/mol. The van der Waals surface area contributed by atoms with Crippen LogP contribution in [0, 0.1) is 41.2 Å². The number of anilines is 1. The molecule has 3 N–H and O–H groups in total. The van der Waals surface area contributed by atoms with E-state index in [0.29, 0.717) is 38.6 Å². The van der Waals surface area contributed by atoms with Crippen molar-refractivity contribution >= 4 is 34.8 Å². The first-order chi connectivity index (χ1) is 27.2. The van der Waals surface area contributed by atoms with Crippen LogP contribution in [-0.4, -0.2) is 59.1 Å². The van der Waals surface area contributed by atoms with E-state index in [9.17, 15) is 31.9 Å². The predicted molar refractivity (Wildman–Crippen MR) is 203 cm³/mol. The van der Waals surface area contributed by atoms with E-state index in [2.05, 4.69) is 43.9 Å². The lowest BCUT2D eigenvalue weighted by Crippen LogP contribution is -2.36. The smallest absolute Gasteiger partial charge is 0.378 e. The number of carbonyl (C=O) groups is 1. The zero-order valence-electron chi connectivity index (χ0n) is 31.6. The summed E-state index contributed by atoms with van der Waals surface area (Å²) >= 11 is 1.33. The van der Waals surface area contributed by atoms with Crippen LogP contribution in [-0.2, 0) is 36.9 Å². The predicted octanol–water partition coefficient (Wildman–Crippen LogP) is 7.10. The van der Waals surface area contributed by atoms with E-state index >= 15 is 8.78 Å². The monoisotopic (exact) mass is 824 g/mol. The first-order valence-corrected chi connectivity index (χ1v) is 18.7. The number of aliphatic hydroxyl groups is 1. The second-order valence-electron chi connectivity index (χ2n) is 14.5. The standard InChI is InChI=1S/C40H35F7N8O2S/c1-6-53(4)58-52-37-28-9-7-8-26(34(28)54(5)51-37)25-11-10-24(14-15-38(2,3)57)48-33(25)30(18-21-16-22(41)19-23(42)17-21)49-31(56)20-55-36-32(35(50-55)40(45,46)47)27-12-13-29(27)39(36,43)44/h7-11,16-17,19,27,29-30,57H,6,18,20H2,1-5H3,(H,49,56)(H,51,52)/t27-,29+,30-/m0/s1. The minimum atomic E-state index is -5.12. The molecular weight excluding hydrogens is 790 g/mol.